The zero-order valence-corrected chi connectivity index (χ0v) is 14.3. The molecule has 3 rings (SSSR count). The first-order chi connectivity index (χ1) is 11.7. The van der Waals surface area contributed by atoms with E-state index in [-0.39, 0.29) is 23.1 Å². The molecule has 1 atom stereocenters. The van der Waals surface area contributed by atoms with Gasteiger partial charge in [0.1, 0.15) is 5.69 Å². The van der Waals surface area contributed by atoms with Crippen LogP contribution in [-0.2, 0) is 12.6 Å². The fraction of sp³-hybridized carbons (Fsp3) is 0.312. The number of amides is 1. The van der Waals surface area contributed by atoms with Crippen LogP contribution in [0.2, 0.25) is 0 Å². The fourth-order valence-electron chi connectivity index (χ4n) is 2.49. The summed E-state index contributed by atoms with van der Waals surface area (Å²) in [6, 6.07) is 5.87. The summed E-state index contributed by atoms with van der Waals surface area (Å²) in [4.78, 5) is 17.4. The summed E-state index contributed by atoms with van der Waals surface area (Å²) in [6.07, 6.45) is -3.94. The van der Waals surface area contributed by atoms with Gasteiger partial charge in [-0.25, -0.2) is 9.50 Å². The fourth-order valence-corrected chi connectivity index (χ4v) is 3.33. The van der Waals surface area contributed by atoms with Crippen LogP contribution >= 0.6 is 11.3 Å². The summed E-state index contributed by atoms with van der Waals surface area (Å²) < 4.78 is 40.1. The van der Waals surface area contributed by atoms with Gasteiger partial charge < -0.3 is 5.32 Å². The van der Waals surface area contributed by atoms with Gasteiger partial charge in [0.25, 0.3) is 5.91 Å². The lowest BCUT2D eigenvalue weighted by Gasteiger charge is -2.11. The molecule has 132 valence electrons. The Kier molecular flexibility index (Phi) is 4.51. The van der Waals surface area contributed by atoms with Gasteiger partial charge in [0.2, 0.25) is 0 Å². The summed E-state index contributed by atoms with van der Waals surface area (Å²) in [5.74, 6) is -0.527. The number of rotatable bonds is 4. The van der Waals surface area contributed by atoms with E-state index in [2.05, 4.69) is 15.4 Å². The van der Waals surface area contributed by atoms with Crippen LogP contribution < -0.4 is 5.32 Å². The molecule has 0 saturated carbocycles. The molecule has 3 heterocycles. The maximum atomic E-state index is 13.1. The number of aryl methyl sites for hydroxylation is 1. The number of nitrogens with one attached hydrogen (secondary N) is 1. The number of hydrogen-bond acceptors (Lipinski definition) is 4. The predicted octanol–water partition coefficient (Wildman–Crippen LogP) is 3.48. The molecule has 25 heavy (non-hydrogen) atoms. The van der Waals surface area contributed by atoms with Gasteiger partial charge in [0.15, 0.2) is 11.3 Å². The van der Waals surface area contributed by atoms with Crippen molar-refractivity contribution in [3.8, 4) is 0 Å². The molecule has 0 aliphatic rings. The van der Waals surface area contributed by atoms with E-state index in [0.29, 0.717) is 10.9 Å². The summed E-state index contributed by atoms with van der Waals surface area (Å²) in [7, 11) is 0. The Bertz CT molecular complexity index is 902. The van der Waals surface area contributed by atoms with E-state index in [1.165, 1.54) is 13.0 Å². The second kappa shape index (κ2) is 6.47. The molecule has 0 fully saturated rings. The third-order valence-electron chi connectivity index (χ3n) is 3.54. The van der Waals surface area contributed by atoms with E-state index in [0.717, 1.165) is 10.9 Å². The Balaban J connectivity index is 1.85. The average Bonchev–Trinajstić information content (AvgIpc) is 3.14. The van der Waals surface area contributed by atoms with Crippen LogP contribution in [0.25, 0.3) is 5.65 Å². The minimum Gasteiger partial charge on any atom is -0.348 e. The van der Waals surface area contributed by atoms with Gasteiger partial charge in [0.05, 0.1) is 0 Å². The molecule has 0 spiro atoms. The van der Waals surface area contributed by atoms with Crippen molar-refractivity contribution in [2.45, 2.75) is 32.5 Å². The van der Waals surface area contributed by atoms with Crippen LogP contribution in [0.3, 0.4) is 0 Å². The van der Waals surface area contributed by atoms with Crippen molar-refractivity contribution in [1.29, 1.82) is 0 Å². The predicted molar refractivity (Wildman–Crippen MR) is 87.7 cm³/mol. The van der Waals surface area contributed by atoms with Gasteiger partial charge in [-0.2, -0.15) is 18.3 Å². The number of nitrogens with zero attached hydrogens (tertiary/aromatic N) is 3. The third kappa shape index (κ3) is 3.81. The number of carbonyl (C=O) groups is 1. The topological polar surface area (TPSA) is 59.3 Å². The van der Waals surface area contributed by atoms with Crippen LogP contribution in [0, 0.1) is 6.92 Å². The summed E-state index contributed by atoms with van der Waals surface area (Å²) in [6.45, 7) is 3.29. The molecule has 1 N–H and O–H groups in total. The molecular weight excluding hydrogens is 353 g/mol. The Morgan fingerprint density at radius 2 is 2.16 bits per heavy atom. The molecule has 0 bridgehead atoms. The minimum atomic E-state index is -4.59. The van der Waals surface area contributed by atoms with Crippen molar-refractivity contribution in [1.82, 2.24) is 19.9 Å². The van der Waals surface area contributed by atoms with Crippen LogP contribution in [0.15, 0.2) is 29.6 Å². The van der Waals surface area contributed by atoms with E-state index >= 15 is 0 Å². The minimum absolute atomic E-state index is 0.0108. The number of thiophene rings is 1. The number of carbonyl (C=O) groups excluding carboxylic acids is 1. The normalized spacial score (nSPS) is 13.2. The zero-order valence-electron chi connectivity index (χ0n) is 13.5. The van der Waals surface area contributed by atoms with Crippen molar-refractivity contribution in [3.05, 3.63) is 51.6 Å². The van der Waals surface area contributed by atoms with Crippen LogP contribution in [0.1, 0.15) is 33.7 Å². The SMILES string of the molecule is Cc1cc(C(F)(F)F)n2nc(C(=O)NC(C)Cc3cccs3)cc2n1. The molecule has 3 aromatic heterocycles. The summed E-state index contributed by atoms with van der Waals surface area (Å²) in [5, 5.41) is 8.49. The lowest BCUT2D eigenvalue weighted by atomic mass is 10.2. The summed E-state index contributed by atoms with van der Waals surface area (Å²) >= 11 is 1.58. The maximum Gasteiger partial charge on any atom is 0.433 e. The second-order valence-corrected chi connectivity index (χ2v) is 6.77. The monoisotopic (exact) mass is 368 g/mol. The van der Waals surface area contributed by atoms with Gasteiger partial charge in [-0.05, 0) is 31.4 Å². The molecule has 1 amide bonds. The molecule has 3 aromatic rings. The van der Waals surface area contributed by atoms with Crippen molar-refractivity contribution in [2.75, 3.05) is 0 Å². The molecule has 0 aliphatic carbocycles. The molecule has 9 heteroatoms. The highest BCUT2D eigenvalue weighted by molar-refractivity contribution is 7.09. The third-order valence-corrected chi connectivity index (χ3v) is 4.44. The van der Waals surface area contributed by atoms with Gasteiger partial charge in [-0.15, -0.1) is 11.3 Å². The second-order valence-electron chi connectivity index (χ2n) is 5.74. The van der Waals surface area contributed by atoms with Crippen LogP contribution in [0.4, 0.5) is 13.2 Å². The van der Waals surface area contributed by atoms with Gasteiger partial charge in [-0.1, -0.05) is 6.07 Å². The first-order valence-corrected chi connectivity index (χ1v) is 8.40. The Morgan fingerprint density at radius 3 is 2.80 bits per heavy atom. The number of alkyl halides is 3. The standard InChI is InChI=1S/C16H15F3N4OS/c1-9(6-11-4-3-5-25-11)21-15(24)12-8-14-20-10(2)7-13(16(17,18)19)23(14)22-12/h3-5,7-9H,6H2,1-2H3,(H,21,24). The highest BCUT2D eigenvalue weighted by atomic mass is 32.1. The molecule has 1 unspecified atom stereocenters. The molecular formula is C16H15F3N4OS. The number of aromatic nitrogens is 3. The van der Waals surface area contributed by atoms with E-state index in [1.807, 2.05) is 24.4 Å². The number of fused-ring (bicyclic) bond motifs is 1. The molecule has 0 saturated heterocycles. The van der Waals surface area contributed by atoms with Crippen molar-refractivity contribution in [3.63, 3.8) is 0 Å². The van der Waals surface area contributed by atoms with Crippen LogP contribution in [-0.4, -0.2) is 26.5 Å². The highest BCUT2D eigenvalue weighted by Gasteiger charge is 2.35. The Labute approximate surface area is 145 Å². The lowest BCUT2D eigenvalue weighted by molar-refractivity contribution is -0.142. The van der Waals surface area contributed by atoms with E-state index in [1.54, 1.807) is 11.3 Å². The summed E-state index contributed by atoms with van der Waals surface area (Å²) in [5.41, 5.74) is -0.858. The quantitative estimate of drug-likeness (QED) is 0.767. The maximum absolute atomic E-state index is 13.1. The first-order valence-electron chi connectivity index (χ1n) is 7.52. The van der Waals surface area contributed by atoms with Crippen molar-refractivity contribution < 1.29 is 18.0 Å². The molecule has 0 radical (unpaired) electrons. The Hall–Kier alpha value is -2.42. The molecule has 5 nitrogen and oxygen atoms in total. The molecule has 0 aliphatic heterocycles. The van der Waals surface area contributed by atoms with Crippen LogP contribution in [0.5, 0.6) is 0 Å². The zero-order chi connectivity index (χ0) is 18.2. The van der Waals surface area contributed by atoms with E-state index < -0.39 is 17.8 Å². The van der Waals surface area contributed by atoms with Crippen molar-refractivity contribution >= 4 is 22.9 Å². The van der Waals surface area contributed by atoms with Gasteiger partial charge >= 0.3 is 6.18 Å². The van der Waals surface area contributed by atoms with Gasteiger partial charge in [-0.3, -0.25) is 4.79 Å². The smallest absolute Gasteiger partial charge is 0.348 e. The van der Waals surface area contributed by atoms with E-state index in [4.69, 9.17) is 0 Å². The highest BCUT2D eigenvalue weighted by Crippen LogP contribution is 2.29. The average molecular weight is 368 g/mol. The number of hydrogen-bond donors (Lipinski definition) is 1. The first kappa shape index (κ1) is 17.4. The Morgan fingerprint density at radius 1 is 1.40 bits per heavy atom. The lowest BCUT2D eigenvalue weighted by Crippen LogP contribution is -2.34. The van der Waals surface area contributed by atoms with E-state index in [9.17, 15) is 18.0 Å². The molecule has 0 aromatic carbocycles. The largest absolute Gasteiger partial charge is 0.433 e. The number of halogens is 3. The van der Waals surface area contributed by atoms with Crippen molar-refractivity contribution in [2.24, 2.45) is 0 Å². The van der Waals surface area contributed by atoms with Gasteiger partial charge in [0, 0.05) is 29.1 Å².